The van der Waals surface area contributed by atoms with E-state index in [0.717, 1.165) is 10.8 Å². The van der Waals surface area contributed by atoms with Crippen LogP contribution in [0.25, 0.3) is 10.8 Å². The third-order valence-corrected chi connectivity index (χ3v) is 4.52. The summed E-state index contributed by atoms with van der Waals surface area (Å²) < 4.78 is 5.69. The first-order chi connectivity index (χ1) is 10.1. The molecule has 3 rings (SSSR count). The summed E-state index contributed by atoms with van der Waals surface area (Å²) in [5.41, 5.74) is -0.00578. The van der Waals surface area contributed by atoms with Gasteiger partial charge in [-0.05, 0) is 29.7 Å². The molecule has 0 N–H and O–H groups in total. The van der Waals surface area contributed by atoms with E-state index < -0.39 is 0 Å². The van der Waals surface area contributed by atoms with Crippen LogP contribution in [0.15, 0.2) is 54.6 Å². The summed E-state index contributed by atoms with van der Waals surface area (Å²) >= 11 is 0. The first-order valence-corrected chi connectivity index (χ1v) is 7.38. The Labute approximate surface area is 125 Å². The Morgan fingerprint density at radius 1 is 1.14 bits per heavy atom. The molecule has 1 fully saturated rings. The van der Waals surface area contributed by atoms with Crippen molar-refractivity contribution in [3.05, 3.63) is 54.6 Å². The number of esters is 1. The number of ether oxygens (including phenoxy) is 1. The molecule has 0 spiro atoms. The van der Waals surface area contributed by atoms with E-state index in [4.69, 9.17) is 4.74 Å². The minimum absolute atomic E-state index is 0.00578. The second kappa shape index (κ2) is 5.03. The molecule has 21 heavy (non-hydrogen) atoms. The standard InChI is InChI=1S/C19H20O2/c1-4-8-15-17(19(15,2)3)18(20)21-16-12-7-10-13-9-5-6-11-14(13)16/h4-12,15,17H,1-3H3/b8-4-. The largest absolute Gasteiger partial charge is 0.426 e. The van der Waals surface area contributed by atoms with Gasteiger partial charge < -0.3 is 4.74 Å². The third kappa shape index (κ3) is 2.35. The second-order valence-electron chi connectivity index (χ2n) is 6.25. The van der Waals surface area contributed by atoms with E-state index in [1.165, 1.54) is 0 Å². The van der Waals surface area contributed by atoms with Gasteiger partial charge in [0.15, 0.2) is 0 Å². The maximum atomic E-state index is 12.5. The van der Waals surface area contributed by atoms with Crippen LogP contribution >= 0.6 is 0 Å². The van der Waals surface area contributed by atoms with E-state index in [0.29, 0.717) is 5.75 Å². The zero-order valence-electron chi connectivity index (χ0n) is 12.7. The molecule has 2 nitrogen and oxygen atoms in total. The molecule has 108 valence electrons. The van der Waals surface area contributed by atoms with Gasteiger partial charge in [0.25, 0.3) is 0 Å². The number of rotatable bonds is 3. The Bertz CT molecular complexity index is 707. The molecule has 0 amide bonds. The van der Waals surface area contributed by atoms with Gasteiger partial charge in [-0.1, -0.05) is 62.4 Å². The molecule has 2 aromatic rings. The summed E-state index contributed by atoms with van der Waals surface area (Å²) in [5.74, 6) is 0.761. The zero-order chi connectivity index (χ0) is 15.0. The smallest absolute Gasteiger partial charge is 0.315 e. The van der Waals surface area contributed by atoms with Crippen molar-refractivity contribution in [3.8, 4) is 5.75 Å². The minimum Gasteiger partial charge on any atom is -0.426 e. The highest BCUT2D eigenvalue weighted by Crippen LogP contribution is 2.59. The van der Waals surface area contributed by atoms with Crippen LogP contribution in [0.2, 0.25) is 0 Å². The fourth-order valence-electron chi connectivity index (χ4n) is 3.15. The molecule has 0 heterocycles. The van der Waals surface area contributed by atoms with Crippen LogP contribution in [-0.2, 0) is 4.79 Å². The highest BCUT2D eigenvalue weighted by atomic mass is 16.5. The SMILES string of the molecule is C/C=C\C1C(C(=O)Oc2cccc3ccccc23)C1(C)C. The summed E-state index contributed by atoms with van der Waals surface area (Å²) in [6, 6.07) is 13.8. The van der Waals surface area contributed by atoms with Crippen LogP contribution < -0.4 is 4.74 Å². The van der Waals surface area contributed by atoms with Gasteiger partial charge in [0.1, 0.15) is 5.75 Å². The molecule has 0 saturated heterocycles. The number of carbonyl (C=O) groups is 1. The summed E-state index contributed by atoms with van der Waals surface area (Å²) in [5, 5.41) is 2.07. The van der Waals surface area contributed by atoms with E-state index >= 15 is 0 Å². The lowest BCUT2D eigenvalue weighted by atomic mass is 10.1. The topological polar surface area (TPSA) is 26.3 Å². The summed E-state index contributed by atoms with van der Waals surface area (Å²) in [6.45, 7) is 6.22. The molecule has 1 aliphatic carbocycles. The molecule has 2 heteroatoms. The van der Waals surface area contributed by atoms with Gasteiger partial charge in [0, 0.05) is 5.39 Å². The van der Waals surface area contributed by atoms with E-state index in [1.54, 1.807) is 0 Å². The van der Waals surface area contributed by atoms with Crippen LogP contribution in [0.5, 0.6) is 5.75 Å². The van der Waals surface area contributed by atoms with Crippen LogP contribution in [-0.4, -0.2) is 5.97 Å². The number of hydrogen-bond donors (Lipinski definition) is 0. The highest BCUT2D eigenvalue weighted by Gasteiger charge is 2.61. The molecule has 2 atom stereocenters. The molecule has 1 aliphatic rings. The van der Waals surface area contributed by atoms with Crippen molar-refractivity contribution in [1.29, 1.82) is 0 Å². The number of benzene rings is 2. The second-order valence-corrected chi connectivity index (χ2v) is 6.25. The van der Waals surface area contributed by atoms with Crippen LogP contribution in [0.4, 0.5) is 0 Å². The molecule has 1 saturated carbocycles. The van der Waals surface area contributed by atoms with Crippen LogP contribution in [0.3, 0.4) is 0 Å². The van der Waals surface area contributed by atoms with Gasteiger partial charge in [-0.3, -0.25) is 4.79 Å². The van der Waals surface area contributed by atoms with E-state index in [1.807, 2.05) is 55.5 Å². The Balaban J connectivity index is 1.85. The highest BCUT2D eigenvalue weighted by molar-refractivity contribution is 5.91. The van der Waals surface area contributed by atoms with Gasteiger partial charge >= 0.3 is 5.97 Å². The summed E-state index contributed by atoms with van der Waals surface area (Å²) in [7, 11) is 0. The number of carbonyl (C=O) groups excluding carboxylic acids is 1. The average molecular weight is 280 g/mol. The average Bonchev–Trinajstić information content (AvgIpc) is 3.01. The van der Waals surface area contributed by atoms with Gasteiger partial charge in [0.2, 0.25) is 0 Å². The molecule has 0 radical (unpaired) electrons. The number of hydrogen-bond acceptors (Lipinski definition) is 2. The normalized spacial score (nSPS) is 23.4. The molecule has 0 bridgehead atoms. The van der Waals surface area contributed by atoms with Gasteiger partial charge in [-0.15, -0.1) is 0 Å². The minimum atomic E-state index is -0.126. The van der Waals surface area contributed by atoms with Crippen molar-refractivity contribution in [1.82, 2.24) is 0 Å². The van der Waals surface area contributed by atoms with Gasteiger partial charge in [0.05, 0.1) is 5.92 Å². The molecule has 2 unspecified atom stereocenters. The summed E-state index contributed by atoms with van der Waals surface area (Å²) in [4.78, 5) is 12.5. The van der Waals surface area contributed by atoms with Crippen molar-refractivity contribution in [2.24, 2.45) is 17.3 Å². The Morgan fingerprint density at radius 3 is 2.62 bits per heavy atom. The fraction of sp³-hybridized carbons (Fsp3) is 0.316. The number of fused-ring (bicyclic) bond motifs is 1. The lowest BCUT2D eigenvalue weighted by Gasteiger charge is -2.08. The van der Waals surface area contributed by atoms with Crippen LogP contribution in [0.1, 0.15) is 20.8 Å². The molecule has 2 aromatic carbocycles. The van der Waals surface area contributed by atoms with Crippen LogP contribution in [0, 0.1) is 17.3 Å². The lowest BCUT2D eigenvalue weighted by molar-refractivity contribution is -0.136. The Kier molecular flexibility index (Phi) is 3.32. The zero-order valence-corrected chi connectivity index (χ0v) is 12.7. The van der Waals surface area contributed by atoms with E-state index in [9.17, 15) is 4.79 Å². The van der Waals surface area contributed by atoms with Crippen molar-refractivity contribution in [2.75, 3.05) is 0 Å². The first-order valence-electron chi connectivity index (χ1n) is 7.38. The van der Waals surface area contributed by atoms with Gasteiger partial charge in [-0.2, -0.15) is 0 Å². The fourth-order valence-corrected chi connectivity index (χ4v) is 3.15. The molecule has 0 aromatic heterocycles. The first kappa shape index (κ1) is 13.9. The van der Waals surface area contributed by atoms with Gasteiger partial charge in [-0.25, -0.2) is 0 Å². The maximum Gasteiger partial charge on any atom is 0.315 e. The lowest BCUT2D eigenvalue weighted by Crippen LogP contribution is -2.14. The van der Waals surface area contributed by atoms with E-state index in [-0.39, 0.29) is 23.2 Å². The molecular formula is C19H20O2. The van der Waals surface area contributed by atoms with Crippen molar-refractivity contribution < 1.29 is 9.53 Å². The summed E-state index contributed by atoms with van der Waals surface area (Å²) in [6.07, 6.45) is 4.12. The maximum absolute atomic E-state index is 12.5. The molecular weight excluding hydrogens is 260 g/mol. The Hall–Kier alpha value is -2.09. The predicted octanol–water partition coefficient (Wildman–Crippen LogP) is 4.59. The Morgan fingerprint density at radius 2 is 1.86 bits per heavy atom. The monoisotopic (exact) mass is 280 g/mol. The van der Waals surface area contributed by atoms with Crippen molar-refractivity contribution in [3.63, 3.8) is 0 Å². The number of allylic oxidation sites excluding steroid dienone is 2. The van der Waals surface area contributed by atoms with Crippen molar-refractivity contribution >= 4 is 16.7 Å². The molecule has 0 aliphatic heterocycles. The quantitative estimate of drug-likeness (QED) is 0.467. The van der Waals surface area contributed by atoms with E-state index in [2.05, 4.69) is 19.9 Å². The van der Waals surface area contributed by atoms with Crippen molar-refractivity contribution in [2.45, 2.75) is 20.8 Å². The third-order valence-electron chi connectivity index (χ3n) is 4.52. The predicted molar refractivity (Wildman–Crippen MR) is 85.2 cm³/mol.